The summed E-state index contributed by atoms with van der Waals surface area (Å²) in [6.45, 7) is 8.09. The summed E-state index contributed by atoms with van der Waals surface area (Å²) in [6.07, 6.45) is 3.98. The molecule has 2 saturated heterocycles. The van der Waals surface area contributed by atoms with Gasteiger partial charge >= 0.3 is 0 Å². The van der Waals surface area contributed by atoms with Crippen molar-refractivity contribution in [1.29, 1.82) is 0 Å². The molecule has 5 rings (SSSR count). The van der Waals surface area contributed by atoms with Gasteiger partial charge < -0.3 is 15.1 Å². The van der Waals surface area contributed by atoms with Crippen molar-refractivity contribution in [1.82, 2.24) is 9.88 Å². The smallest absolute Gasteiger partial charge is 0.247 e. The van der Waals surface area contributed by atoms with E-state index in [2.05, 4.69) is 57.3 Å². The molecule has 1 aromatic carbocycles. The van der Waals surface area contributed by atoms with Crippen molar-refractivity contribution in [3.8, 4) is 0 Å². The number of aryl methyl sites for hydroxylation is 1. The van der Waals surface area contributed by atoms with Gasteiger partial charge in [0.15, 0.2) is 5.82 Å². The number of amides is 1. The minimum Gasteiger partial charge on any atom is -0.369 e. The van der Waals surface area contributed by atoms with Gasteiger partial charge in [-0.3, -0.25) is 9.69 Å². The summed E-state index contributed by atoms with van der Waals surface area (Å²) in [7, 11) is 0. The van der Waals surface area contributed by atoms with Crippen LogP contribution < -0.4 is 15.1 Å². The van der Waals surface area contributed by atoms with E-state index in [1.807, 2.05) is 6.20 Å². The Kier molecular flexibility index (Phi) is 4.43. The molecule has 0 aliphatic carbocycles. The Hall–Kier alpha value is -2.60. The molecule has 1 amide bonds. The first-order chi connectivity index (χ1) is 13.7. The van der Waals surface area contributed by atoms with Crippen LogP contribution in [-0.2, 0) is 11.3 Å². The van der Waals surface area contributed by atoms with Gasteiger partial charge in [0.05, 0.1) is 5.69 Å². The summed E-state index contributed by atoms with van der Waals surface area (Å²) in [5.74, 6) is 1.06. The maximum Gasteiger partial charge on any atom is 0.247 e. The lowest BCUT2D eigenvalue weighted by molar-refractivity contribution is -0.117. The standard InChI is InChI=1S/C22H27N5O/c1-16-4-2-5-18(12-16)26-10-8-25(9-11-26)15-17-13-19-21(23-14-17)27-7-3-6-20(27)22(28)24-19/h2,4-5,12-14,20H,3,6-11,15H2,1H3,(H,24,28)/t20-/m0/s1. The Morgan fingerprint density at radius 2 is 2.00 bits per heavy atom. The van der Waals surface area contributed by atoms with Gasteiger partial charge in [-0.2, -0.15) is 0 Å². The highest BCUT2D eigenvalue weighted by molar-refractivity contribution is 6.03. The third-order valence-corrected chi connectivity index (χ3v) is 6.15. The van der Waals surface area contributed by atoms with E-state index < -0.39 is 0 Å². The third kappa shape index (κ3) is 3.22. The second kappa shape index (κ2) is 7.09. The van der Waals surface area contributed by atoms with Crippen LogP contribution in [0.2, 0.25) is 0 Å². The molecule has 3 aliphatic rings. The maximum absolute atomic E-state index is 12.3. The first kappa shape index (κ1) is 17.5. The molecule has 0 unspecified atom stereocenters. The zero-order valence-electron chi connectivity index (χ0n) is 16.4. The molecule has 0 saturated carbocycles. The Balaban J connectivity index is 1.24. The first-order valence-corrected chi connectivity index (χ1v) is 10.3. The van der Waals surface area contributed by atoms with Crippen LogP contribution in [0.3, 0.4) is 0 Å². The topological polar surface area (TPSA) is 51.7 Å². The van der Waals surface area contributed by atoms with Crippen molar-refractivity contribution in [2.75, 3.05) is 47.8 Å². The molecule has 6 nitrogen and oxygen atoms in total. The number of carbonyl (C=O) groups excluding carboxylic acids is 1. The normalized spacial score (nSPS) is 22.0. The van der Waals surface area contributed by atoms with Gasteiger partial charge in [-0.15, -0.1) is 0 Å². The number of pyridine rings is 1. The van der Waals surface area contributed by atoms with E-state index >= 15 is 0 Å². The number of fused-ring (bicyclic) bond motifs is 3. The number of benzene rings is 1. The minimum absolute atomic E-state index is 0.0273. The Labute approximate surface area is 166 Å². The predicted molar refractivity (Wildman–Crippen MR) is 112 cm³/mol. The fraction of sp³-hybridized carbons (Fsp3) is 0.455. The molecule has 4 heterocycles. The number of hydrogen-bond acceptors (Lipinski definition) is 5. The lowest BCUT2D eigenvalue weighted by Gasteiger charge is -2.36. The minimum atomic E-state index is -0.0273. The molecule has 28 heavy (non-hydrogen) atoms. The molecule has 0 spiro atoms. The molecule has 3 aliphatic heterocycles. The summed E-state index contributed by atoms with van der Waals surface area (Å²) >= 11 is 0. The fourth-order valence-corrected chi connectivity index (χ4v) is 4.66. The molecule has 6 heteroatoms. The van der Waals surface area contributed by atoms with Crippen molar-refractivity contribution in [3.05, 3.63) is 47.7 Å². The van der Waals surface area contributed by atoms with E-state index in [0.29, 0.717) is 0 Å². The number of carbonyl (C=O) groups is 1. The van der Waals surface area contributed by atoms with Crippen LogP contribution >= 0.6 is 0 Å². The second-order valence-electron chi connectivity index (χ2n) is 8.16. The van der Waals surface area contributed by atoms with Crippen LogP contribution in [0.15, 0.2) is 36.5 Å². The molecule has 2 fully saturated rings. The fourth-order valence-electron chi connectivity index (χ4n) is 4.66. The number of nitrogens with zero attached hydrogens (tertiary/aromatic N) is 4. The monoisotopic (exact) mass is 377 g/mol. The SMILES string of the molecule is Cc1cccc(N2CCN(Cc3cnc4c(c3)NC(=O)[C@@H]3CCCN43)CC2)c1. The van der Waals surface area contributed by atoms with E-state index in [1.54, 1.807) is 0 Å². The predicted octanol–water partition coefficient (Wildman–Crippen LogP) is 2.63. The summed E-state index contributed by atoms with van der Waals surface area (Å²) in [5, 5.41) is 3.07. The summed E-state index contributed by atoms with van der Waals surface area (Å²) in [4.78, 5) is 24.1. The number of nitrogens with one attached hydrogen (secondary N) is 1. The average Bonchev–Trinajstić information content (AvgIpc) is 3.19. The van der Waals surface area contributed by atoms with Crippen molar-refractivity contribution < 1.29 is 4.79 Å². The molecule has 0 radical (unpaired) electrons. The molecule has 1 aromatic heterocycles. The Morgan fingerprint density at radius 1 is 1.14 bits per heavy atom. The molecular formula is C22H27N5O. The number of piperazine rings is 1. The lowest BCUT2D eigenvalue weighted by Crippen LogP contribution is -2.46. The highest BCUT2D eigenvalue weighted by Gasteiger charge is 2.37. The Morgan fingerprint density at radius 3 is 2.82 bits per heavy atom. The largest absolute Gasteiger partial charge is 0.369 e. The number of hydrogen-bond donors (Lipinski definition) is 1. The van der Waals surface area contributed by atoms with Crippen LogP contribution in [0.1, 0.15) is 24.0 Å². The van der Waals surface area contributed by atoms with Crippen LogP contribution in [-0.4, -0.2) is 54.6 Å². The van der Waals surface area contributed by atoms with E-state index in [-0.39, 0.29) is 11.9 Å². The number of anilines is 3. The Bertz CT molecular complexity index is 890. The van der Waals surface area contributed by atoms with Gasteiger partial charge in [0, 0.05) is 51.2 Å². The summed E-state index contributed by atoms with van der Waals surface area (Å²) < 4.78 is 0. The van der Waals surface area contributed by atoms with Gasteiger partial charge in [0.25, 0.3) is 0 Å². The second-order valence-corrected chi connectivity index (χ2v) is 8.16. The van der Waals surface area contributed by atoms with Crippen LogP contribution in [0.5, 0.6) is 0 Å². The lowest BCUT2D eigenvalue weighted by atomic mass is 10.1. The summed E-state index contributed by atoms with van der Waals surface area (Å²) in [5.41, 5.74) is 4.67. The van der Waals surface area contributed by atoms with E-state index in [0.717, 1.165) is 63.6 Å². The van der Waals surface area contributed by atoms with Gasteiger partial charge in [-0.05, 0) is 49.1 Å². The van der Waals surface area contributed by atoms with Crippen molar-refractivity contribution in [3.63, 3.8) is 0 Å². The van der Waals surface area contributed by atoms with Crippen molar-refractivity contribution >= 4 is 23.1 Å². The van der Waals surface area contributed by atoms with Gasteiger partial charge in [-0.25, -0.2) is 4.98 Å². The van der Waals surface area contributed by atoms with Crippen molar-refractivity contribution in [2.45, 2.75) is 32.4 Å². The zero-order chi connectivity index (χ0) is 19.1. The average molecular weight is 377 g/mol. The number of rotatable bonds is 3. The van der Waals surface area contributed by atoms with Gasteiger partial charge in [0.2, 0.25) is 5.91 Å². The maximum atomic E-state index is 12.3. The van der Waals surface area contributed by atoms with Crippen LogP contribution in [0.4, 0.5) is 17.2 Å². The first-order valence-electron chi connectivity index (χ1n) is 10.3. The molecular weight excluding hydrogens is 350 g/mol. The van der Waals surface area contributed by atoms with Crippen molar-refractivity contribution in [2.24, 2.45) is 0 Å². The van der Waals surface area contributed by atoms with E-state index in [1.165, 1.54) is 16.8 Å². The van der Waals surface area contributed by atoms with Gasteiger partial charge in [0.1, 0.15) is 6.04 Å². The van der Waals surface area contributed by atoms with Crippen LogP contribution in [0, 0.1) is 6.92 Å². The molecule has 146 valence electrons. The third-order valence-electron chi connectivity index (χ3n) is 6.15. The summed E-state index contributed by atoms with van der Waals surface area (Å²) in [6, 6.07) is 10.8. The van der Waals surface area contributed by atoms with E-state index in [9.17, 15) is 4.79 Å². The highest BCUT2D eigenvalue weighted by Crippen LogP contribution is 2.35. The molecule has 2 aromatic rings. The molecule has 0 bridgehead atoms. The zero-order valence-corrected chi connectivity index (χ0v) is 16.4. The molecule has 1 N–H and O–H groups in total. The molecule has 1 atom stereocenters. The van der Waals surface area contributed by atoms with Gasteiger partial charge in [-0.1, -0.05) is 12.1 Å². The van der Waals surface area contributed by atoms with Crippen LogP contribution in [0.25, 0.3) is 0 Å². The number of aromatic nitrogens is 1. The van der Waals surface area contributed by atoms with E-state index in [4.69, 9.17) is 4.98 Å². The quantitative estimate of drug-likeness (QED) is 0.891. The highest BCUT2D eigenvalue weighted by atomic mass is 16.2.